The largest absolute Gasteiger partial charge is 0.467 e. The van der Waals surface area contributed by atoms with Crippen LogP contribution in [0.25, 0.3) is 33.3 Å². The van der Waals surface area contributed by atoms with Crippen LogP contribution in [0.3, 0.4) is 0 Å². The van der Waals surface area contributed by atoms with Gasteiger partial charge in [0.25, 0.3) is 6.47 Å². The van der Waals surface area contributed by atoms with Gasteiger partial charge in [0.2, 0.25) is 5.91 Å². The summed E-state index contributed by atoms with van der Waals surface area (Å²) in [6.45, 7) is 11.9. The highest BCUT2D eigenvalue weighted by Gasteiger charge is 2.30. The Hall–Kier alpha value is -4.30. The third kappa shape index (κ3) is 8.13. The second-order valence-electron chi connectivity index (χ2n) is 14.4. The number of aromatic nitrogens is 2. The van der Waals surface area contributed by atoms with Crippen LogP contribution >= 0.6 is 0 Å². The van der Waals surface area contributed by atoms with Crippen LogP contribution < -0.4 is 5.32 Å². The summed E-state index contributed by atoms with van der Waals surface area (Å²) in [4.78, 5) is 41.1. The molecule has 0 radical (unpaired) electrons. The van der Waals surface area contributed by atoms with E-state index < -0.39 is 6.04 Å². The number of benzene rings is 2. The smallest absolute Gasteiger partial charge is 0.293 e. The van der Waals surface area contributed by atoms with Crippen LogP contribution in [-0.4, -0.2) is 48.0 Å². The van der Waals surface area contributed by atoms with Gasteiger partial charge in [-0.3, -0.25) is 14.6 Å². The van der Waals surface area contributed by atoms with Gasteiger partial charge in [-0.2, -0.15) is 0 Å². The van der Waals surface area contributed by atoms with Crippen molar-refractivity contribution in [3.63, 3.8) is 0 Å². The highest BCUT2D eigenvalue weighted by Crippen LogP contribution is 2.41. The molecule has 1 aliphatic carbocycles. The molecule has 8 heteroatoms. The van der Waals surface area contributed by atoms with Gasteiger partial charge in [-0.25, -0.2) is 0 Å². The van der Waals surface area contributed by atoms with Crippen LogP contribution in [0, 0.1) is 17.3 Å². The molecule has 1 aliphatic rings. The predicted octanol–water partition coefficient (Wildman–Crippen LogP) is 7.89. The van der Waals surface area contributed by atoms with Gasteiger partial charge in [0.05, 0.1) is 30.1 Å². The first kappa shape index (κ1) is 36.0. The number of amides is 1. The second-order valence-corrected chi connectivity index (χ2v) is 14.4. The van der Waals surface area contributed by atoms with Crippen LogP contribution in [0.5, 0.6) is 0 Å². The third-order valence-electron chi connectivity index (χ3n) is 10.2. The van der Waals surface area contributed by atoms with Crippen molar-refractivity contribution in [1.29, 1.82) is 0 Å². The lowest BCUT2D eigenvalue weighted by Gasteiger charge is -2.25. The lowest BCUT2D eigenvalue weighted by molar-refractivity contribution is -0.131. The zero-order valence-corrected chi connectivity index (χ0v) is 29.8. The SMILES string of the molecule is CCn1c(-c2cccnc2C(C)OC)c(CC(C)(C)COC=O)c2cc(-c3cccc(CC(C=O)NC(=O)C(C)C4CCCC4)c3)ccc21. The van der Waals surface area contributed by atoms with Crippen LogP contribution in [0.15, 0.2) is 60.8 Å². The van der Waals surface area contributed by atoms with Gasteiger partial charge < -0.3 is 24.2 Å². The second kappa shape index (κ2) is 15.9. The molecule has 3 unspecified atom stereocenters. The molecule has 1 fully saturated rings. The minimum absolute atomic E-state index is 0.0347. The first-order valence-electron chi connectivity index (χ1n) is 17.6. The van der Waals surface area contributed by atoms with Crippen LogP contribution in [-0.2, 0) is 43.2 Å². The van der Waals surface area contributed by atoms with Gasteiger partial charge in [0.1, 0.15) is 6.29 Å². The van der Waals surface area contributed by atoms with E-state index in [0.29, 0.717) is 31.8 Å². The van der Waals surface area contributed by atoms with Gasteiger partial charge in [0.15, 0.2) is 0 Å². The summed E-state index contributed by atoms with van der Waals surface area (Å²) >= 11 is 0. The van der Waals surface area contributed by atoms with Gasteiger partial charge in [-0.05, 0) is 92.0 Å². The number of carbonyl (C=O) groups excluding carboxylic acids is 3. The molecule has 260 valence electrons. The Labute approximate surface area is 290 Å². The Morgan fingerprint density at radius 1 is 1.06 bits per heavy atom. The number of fused-ring (bicyclic) bond motifs is 1. The van der Waals surface area contributed by atoms with E-state index in [0.717, 1.165) is 75.8 Å². The summed E-state index contributed by atoms with van der Waals surface area (Å²) < 4.78 is 13.4. The normalized spacial score (nSPS) is 15.6. The number of hydrogen-bond acceptors (Lipinski definition) is 6. The minimum Gasteiger partial charge on any atom is -0.467 e. The predicted molar refractivity (Wildman–Crippen MR) is 194 cm³/mol. The van der Waals surface area contributed by atoms with E-state index in [9.17, 15) is 14.4 Å². The Bertz CT molecular complexity index is 1770. The van der Waals surface area contributed by atoms with Gasteiger partial charge in [-0.1, -0.05) is 63.9 Å². The standard InChI is InChI=1S/C41H51N3O5/c1-7-44-37-18-17-32(31-15-10-12-29(20-31)21-33(24-45)43-40(47)27(2)30-13-8-9-14-30)22-35(37)36(23-41(4,5)25-49-26-46)39(44)34-16-11-19-42-38(34)28(3)48-6/h10-12,15-20,22,24,26-28,30,33H,7-9,13-14,21,23,25H2,1-6H3,(H,43,47). The number of rotatable bonds is 16. The summed E-state index contributed by atoms with van der Waals surface area (Å²) in [5.74, 6) is 0.273. The number of carbonyl (C=O) groups is 3. The molecular weight excluding hydrogens is 614 g/mol. The van der Waals surface area contributed by atoms with Crippen LogP contribution in [0.4, 0.5) is 0 Å². The summed E-state index contributed by atoms with van der Waals surface area (Å²) in [7, 11) is 1.70. The zero-order chi connectivity index (χ0) is 35.1. The summed E-state index contributed by atoms with van der Waals surface area (Å²) in [5, 5.41) is 4.13. The quantitative estimate of drug-likeness (QED) is 0.122. The summed E-state index contributed by atoms with van der Waals surface area (Å²) in [6.07, 6.45) is 8.05. The monoisotopic (exact) mass is 665 g/mol. The Morgan fingerprint density at radius 2 is 1.82 bits per heavy atom. The van der Waals surface area contributed by atoms with Crippen LogP contribution in [0.1, 0.15) is 83.2 Å². The Kier molecular flexibility index (Phi) is 11.7. The fraction of sp³-hybridized carbons (Fsp3) is 0.463. The van der Waals surface area contributed by atoms with Crippen molar-refractivity contribution in [3.8, 4) is 22.4 Å². The van der Waals surface area contributed by atoms with E-state index in [4.69, 9.17) is 14.5 Å². The first-order chi connectivity index (χ1) is 23.6. The molecule has 4 aromatic rings. The van der Waals surface area contributed by atoms with E-state index in [-0.39, 0.29) is 23.3 Å². The molecule has 0 bridgehead atoms. The zero-order valence-electron chi connectivity index (χ0n) is 29.8. The number of aldehydes is 1. The molecular formula is C41H51N3O5. The number of aryl methyl sites for hydroxylation is 1. The van der Waals surface area contributed by atoms with Crippen molar-refractivity contribution in [2.75, 3.05) is 13.7 Å². The minimum atomic E-state index is -0.583. The Balaban J connectivity index is 1.54. The average Bonchev–Trinajstić information content (AvgIpc) is 3.76. The van der Waals surface area contributed by atoms with Gasteiger partial charge >= 0.3 is 0 Å². The molecule has 49 heavy (non-hydrogen) atoms. The van der Waals surface area contributed by atoms with Crippen molar-refractivity contribution in [1.82, 2.24) is 14.9 Å². The van der Waals surface area contributed by atoms with Crippen molar-refractivity contribution in [3.05, 3.63) is 77.6 Å². The number of pyridine rings is 1. The maximum atomic E-state index is 13.0. The molecule has 0 aliphatic heterocycles. The molecule has 2 heterocycles. The summed E-state index contributed by atoms with van der Waals surface area (Å²) in [6, 6.07) is 18.3. The lowest BCUT2D eigenvalue weighted by Crippen LogP contribution is -2.42. The van der Waals surface area contributed by atoms with Gasteiger partial charge in [0, 0.05) is 47.7 Å². The molecule has 3 atom stereocenters. The molecule has 8 nitrogen and oxygen atoms in total. The topological polar surface area (TPSA) is 99.5 Å². The highest BCUT2D eigenvalue weighted by molar-refractivity contribution is 5.95. The third-order valence-corrected chi connectivity index (χ3v) is 10.2. The molecule has 2 aromatic carbocycles. The average molecular weight is 666 g/mol. The van der Waals surface area contributed by atoms with Gasteiger partial charge in [-0.15, -0.1) is 0 Å². The van der Waals surface area contributed by atoms with Crippen molar-refractivity contribution in [2.24, 2.45) is 17.3 Å². The number of hydrogen-bond donors (Lipinski definition) is 1. The van der Waals surface area contributed by atoms with Crippen LogP contribution in [0.2, 0.25) is 0 Å². The number of methoxy groups -OCH3 is 1. The molecule has 0 spiro atoms. The van der Waals surface area contributed by atoms with E-state index in [1.807, 2.05) is 32.0 Å². The summed E-state index contributed by atoms with van der Waals surface area (Å²) in [5.41, 5.74) is 7.98. The van der Waals surface area contributed by atoms with Crippen molar-refractivity contribution < 1.29 is 23.9 Å². The fourth-order valence-corrected chi connectivity index (χ4v) is 7.51. The van der Waals surface area contributed by atoms with Crippen molar-refractivity contribution in [2.45, 2.75) is 91.8 Å². The first-order valence-corrected chi connectivity index (χ1v) is 17.6. The molecule has 5 rings (SSSR count). The van der Waals surface area contributed by atoms with Crippen molar-refractivity contribution >= 4 is 29.6 Å². The maximum Gasteiger partial charge on any atom is 0.293 e. The number of nitrogens with zero attached hydrogens (tertiary/aromatic N) is 2. The molecule has 1 amide bonds. The fourth-order valence-electron chi connectivity index (χ4n) is 7.51. The Morgan fingerprint density at radius 3 is 2.51 bits per heavy atom. The number of ether oxygens (including phenoxy) is 2. The molecule has 2 aromatic heterocycles. The molecule has 1 N–H and O–H groups in total. The maximum absolute atomic E-state index is 13.0. The molecule has 1 saturated carbocycles. The highest BCUT2D eigenvalue weighted by atomic mass is 16.5. The van der Waals surface area contributed by atoms with E-state index in [1.165, 1.54) is 12.8 Å². The number of nitrogens with one attached hydrogen (secondary N) is 1. The van der Waals surface area contributed by atoms with E-state index >= 15 is 0 Å². The van der Waals surface area contributed by atoms with E-state index in [1.54, 1.807) is 13.3 Å². The molecule has 0 saturated heterocycles. The lowest BCUT2D eigenvalue weighted by atomic mass is 9.84. The van der Waals surface area contributed by atoms with E-state index in [2.05, 4.69) is 67.1 Å².